The average Bonchev–Trinajstić information content (AvgIpc) is 3.25. The van der Waals surface area contributed by atoms with E-state index in [4.69, 9.17) is 16.3 Å². The molecule has 0 radical (unpaired) electrons. The summed E-state index contributed by atoms with van der Waals surface area (Å²) in [5, 5.41) is 7.75. The summed E-state index contributed by atoms with van der Waals surface area (Å²) in [5.41, 5.74) is 3.86. The Morgan fingerprint density at radius 2 is 1.84 bits per heavy atom. The molecule has 0 fully saturated rings. The monoisotopic (exact) mass is 433 g/mol. The van der Waals surface area contributed by atoms with E-state index >= 15 is 0 Å². The second-order valence-electron chi connectivity index (χ2n) is 6.36. The molecule has 0 saturated heterocycles. The Labute approximate surface area is 183 Å². The largest absolute Gasteiger partial charge is 0.457 e. The van der Waals surface area contributed by atoms with Crippen molar-refractivity contribution in [2.75, 3.05) is 5.32 Å². The number of hydrogen-bond acceptors (Lipinski definition) is 7. The van der Waals surface area contributed by atoms with E-state index in [0.29, 0.717) is 27.8 Å². The third-order valence-corrected chi connectivity index (χ3v) is 4.58. The molecule has 5 aromatic rings. The van der Waals surface area contributed by atoms with E-state index in [0.717, 1.165) is 22.6 Å². The summed E-state index contributed by atoms with van der Waals surface area (Å²) < 4.78 is 7.69. The lowest BCUT2D eigenvalue weighted by molar-refractivity contribution is 0.478. The quantitative estimate of drug-likeness (QED) is 0.369. The number of benzene rings is 1. The number of aromatic nitrogens is 6. The summed E-state index contributed by atoms with van der Waals surface area (Å²) in [4.78, 5) is 17.0. The number of nitrogens with one attached hydrogen (secondary N) is 1. The second-order valence-corrected chi connectivity index (χ2v) is 6.74. The highest BCUT2D eigenvalue weighted by Gasteiger charge is 2.09. The van der Waals surface area contributed by atoms with Crippen molar-refractivity contribution in [2.24, 2.45) is 0 Å². The highest BCUT2D eigenvalue weighted by Crippen LogP contribution is 2.30. The minimum absolute atomic E-state index is 0.389. The second kappa shape index (κ2) is 8.93. The van der Waals surface area contributed by atoms with Crippen molar-refractivity contribution < 1.29 is 4.74 Å². The fourth-order valence-electron chi connectivity index (χ4n) is 2.97. The number of anilines is 2. The molecule has 0 aliphatic heterocycles. The summed E-state index contributed by atoms with van der Waals surface area (Å²) in [6.07, 6.45) is 4.80. The van der Waals surface area contributed by atoms with E-state index in [1.165, 1.54) is 12.7 Å². The molecule has 8 nitrogen and oxygen atoms in total. The summed E-state index contributed by atoms with van der Waals surface area (Å²) in [5.74, 6) is 2.02. The molecule has 5 rings (SSSR count). The standard InChI is InChI=1S/C20H14ClN7O.C2H6/c1-12-8-13(26-20-19-15(22-10-24-20)3-5-17(21)27-19)2-4-16(12)29-14-6-7-28-18(9-14)23-11-25-28;1-2/h2-11H,1H3,(H,22,24,26);1-2H3. The molecule has 156 valence electrons. The Morgan fingerprint density at radius 3 is 2.68 bits per heavy atom. The molecule has 0 spiro atoms. The molecule has 31 heavy (non-hydrogen) atoms. The number of fused-ring (bicyclic) bond motifs is 2. The van der Waals surface area contributed by atoms with Gasteiger partial charge in [-0.15, -0.1) is 0 Å². The minimum Gasteiger partial charge on any atom is -0.457 e. The molecule has 0 aliphatic carbocycles. The lowest BCUT2D eigenvalue weighted by atomic mass is 10.2. The van der Waals surface area contributed by atoms with E-state index in [9.17, 15) is 0 Å². The van der Waals surface area contributed by atoms with E-state index in [-0.39, 0.29) is 0 Å². The lowest BCUT2D eigenvalue weighted by Gasteiger charge is -2.12. The zero-order chi connectivity index (χ0) is 21.8. The molecule has 0 bridgehead atoms. The van der Waals surface area contributed by atoms with Gasteiger partial charge < -0.3 is 10.1 Å². The molecule has 0 atom stereocenters. The predicted molar refractivity (Wildman–Crippen MR) is 121 cm³/mol. The van der Waals surface area contributed by atoms with Crippen LogP contribution < -0.4 is 10.1 Å². The first-order valence-electron chi connectivity index (χ1n) is 9.78. The number of rotatable bonds is 4. The highest BCUT2D eigenvalue weighted by atomic mass is 35.5. The Hall–Kier alpha value is -3.78. The third kappa shape index (κ3) is 4.39. The van der Waals surface area contributed by atoms with Crippen LogP contribution in [-0.2, 0) is 0 Å². The molecule has 4 heterocycles. The maximum Gasteiger partial charge on any atom is 0.160 e. The summed E-state index contributed by atoms with van der Waals surface area (Å²) >= 11 is 6.02. The zero-order valence-electron chi connectivity index (χ0n) is 17.2. The van der Waals surface area contributed by atoms with Crippen molar-refractivity contribution in [3.8, 4) is 11.5 Å². The Kier molecular flexibility index (Phi) is 5.90. The maximum absolute atomic E-state index is 6.02. The van der Waals surface area contributed by atoms with E-state index < -0.39 is 0 Å². The molecule has 0 saturated carbocycles. The SMILES string of the molecule is CC.Cc1cc(Nc2ncnc3ccc(Cl)nc23)ccc1Oc1ccn2ncnc2c1. The van der Waals surface area contributed by atoms with Gasteiger partial charge in [0.25, 0.3) is 0 Å². The van der Waals surface area contributed by atoms with Crippen LogP contribution in [0.4, 0.5) is 11.5 Å². The predicted octanol–water partition coefficient (Wildman–Crippen LogP) is 5.59. The van der Waals surface area contributed by atoms with Crippen molar-refractivity contribution in [1.82, 2.24) is 29.5 Å². The van der Waals surface area contributed by atoms with Crippen LogP contribution in [0.2, 0.25) is 5.15 Å². The molecule has 4 aromatic heterocycles. The molecular weight excluding hydrogens is 414 g/mol. The maximum atomic E-state index is 6.02. The van der Waals surface area contributed by atoms with Gasteiger partial charge in [-0.1, -0.05) is 25.4 Å². The van der Waals surface area contributed by atoms with Crippen LogP contribution in [0.25, 0.3) is 16.7 Å². The first-order chi connectivity index (χ1) is 15.2. The highest BCUT2D eigenvalue weighted by molar-refractivity contribution is 6.29. The van der Waals surface area contributed by atoms with Gasteiger partial charge in [-0.25, -0.2) is 24.5 Å². The zero-order valence-corrected chi connectivity index (χ0v) is 18.0. The van der Waals surface area contributed by atoms with Gasteiger partial charge in [0.2, 0.25) is 0 Å². The number of hydrogen-bond donors (Lipinski definition) is 1. The number of halogens is 1. The number of aryl methyl sites for hydroxylation is 1. The minimum atomic E-state index is 0.389. The first-order valence-corrected chi connectivity index (χ1v) is 10.2. The molecule has 1 aromatic carbocycles. The van der Waals surface area contributed by atoms with Gasteiger partial charge in [-0.2, -0.15) is 5.10 Å². The van der Waals surface area contributed by atoms with Crippen LogP contribution in [0.1, 0.15) is 19.4 Å². The fraction of sp³-hybridized carbons (Fsp3) is 0.136. The van der Waals surface area contributed by atoms with Gasteiger partial charge in [0.15, 0.2) is 11.5 Å². The van der Waals surface area contributed by atoms with Crippen molar-refractivity contribution in [3.63, 3.8) is 0 Å². The van der Waals surface area contributed by atoms with Gasteiger partial charge in [0.1, 0.15) is 34.8 Å². The molecule has 1 N–H and O–H groups in total. The lowest BCUT2D eigenvalue weighted by Crippen LogP contribution is -1.98. The number of pyridine rings is 2. The molecule has 9 heteroatoms. The smallest absolute Gasteiger partial charge is 0.160 e. The van der Waals surface area contributed by atoms with Gasteiger partial charge in [-0.3, -0.25) is 0 Å². The Bertz CT molecular complexity index is 1350. The normalized spacial score (nSPS) is 10.6. The van der Waals surface area contributed by atoms with Crippen LogP contribution >= 0.6 is 11.6 Å². The topological polar surface area (TPSA) is 90.1 Å². The third-order valence-electron chi connectivity index (χ3n) is 4.37. The van der Waals surface area contributed by atoms with Crippen molar-refractivity contribution in [3.05, 3.63) is 72.0 Å². The first kappa shape index (κ1) is 20.5. The average molecular weight is 434 g/mol. The number of nitrogens with zero attached hydrogens (tertiary/aromatic N) is 6. The van der Waals surface area contributed by atoms with E-state index in [2.05, 4.69) is 30.4 Å². The van der Waals surface area contributed by atoms with Gasteiger partial charge in [0.05, 0.1) is 5.52 Å². The van der Waals surface area contributed by atoms with Gasteiger partial charge >= 0.3 is 0 Å². The van der Waals surface area contributed by atoms with Crippen LogP contribution in [0.3, 0.4) is 0 Å². The summed E-state index contributed by atoms with van der Waals surface area (Å²) in [7, 11) is 0. The summed E-state index contributed by atoms with van der Waals surface area (Å²) in [6.45, 7) is 5.98. The fourth-order valence-corrected chi connectivity index (χ4v) is 3.12. The number of ether oxygens (including phenoxy) is 1. The van der Waals surface area contributed by atoms with E-state index in [1.54, 1.807) is 16.8 Å². The van der Waals surface area contributed by atoms with Crippen molar-refractivity contribution >= 4 is 39.8 Å². The molecule has 0 unspecified atom stereocenters. The Balaban J connectivity index is 0.00000112. The van der Waals surface area contributed by atoms with Crippen LogP contribution in [0, 0.1) is 6.92 Å². The van der Waals surface area contributed by atoms with Crippen LogP contribution in [0.15, 0.2) is 61.3 Å². The van der Waals surface area contributed by atoms with Crippen LogP contribution in [-0.4, -0.2) is 29.5 Å². The molecular formula is C22H20ClN7O. The summed E-state index contributed by atoms with van der Waals surface area (Å²) in [6, 6.07) is 13.0. The van der Waals surface area contributed by atoms with Gasteiger partial charge in [0, 0.05) is 18.0 Å². The van der Waals surface area contributed by atoms with Crippen LogP contribution in [0.5, 0.6) is 11.5 Å². The van der Waals surface area contributed by atoms with Crippen molar-refractivity contribution in [1.29, 1.82) is 0 Å². The Morgan fingerprint density at radius 1 is 0.968 bits per heavy atom. The van der Waals surface area contributed by atoms with E-state index in [1.807, 2.05) is 57.2 Å². The van der Waals surface area contributed by atoms with Crippen molar-refractivity contribution in [2.45, 2.75) is 20.8 Å². The molecule has 0 amide bonds. The molecule has 0 aliphatic rings. The van der Waals surface area contributed by atoms with Gasteiger partial charge in [-0.05, 0) is 48.9 Å².